The van der Waals surface area contributed by atoms with Gasteiger partial charge in [0.1, 0.15) is 5.71 Å². The lowest BCUT2D eigenvalue weighted by molar-refractivity contribution is -0.164. The van der Waals surface area contributed by atoms with E-state index in [0.717, 1.165) is 12.1 Å². The fraction of sp³-hybridized carbons (Fsp3) is 0.333. The van der Waals surface area contributed by atoms with Crippen molar-refractivity contribution in [3.63, 3.8) is 0 Å². The summed E-state index contributed by atoms with van der Waals surface area (Å²) >= 11 is 11.4. The van der Waals surface area contributed by atoms with Gasteiger partial charge in [0, 0.05) is 12.0 Å². The lowest BCUT2D eigenvalue weighted by Crippen LogP contribution is -2.51. The van der Waals surface area contributed by atoms with Crippen molar-refractivity contribution in [1.82, 2.24) is 5.01 Å². The number of benzene rings is 1. The Morgan fingerprint density at radius 1 is 1.27 bits per heavy atom. The van der Waals surface area contributed by atoms with E-state index in [1.165, 1.54) is 6.07 Å². The van der Waals surface area contributed by atoms with Crippen molar-refractivity contribution in [3.8, 4) is 0 Å². The fourth-order valence-corrected chi connectivity index (χ4v) is 2.15. The molecule has 1 heterocycles. The van der Waals surface area contributed by atoms with Crippen LogP contribution in [0.1, 0.15) is 16.8 Å². The Morgan fingerprint density at radius 2 is 1.91 bits per heavy atom. The summed E-state index contributed by atoms with van der Waals surface area (Å²) in [5.41, 5.74) is -4.36. The third kappa shape index (κ3) is 2.90. The molecule has 1 unspecified atom stereocenters. The Labute approximate surface area is 131 Å². The average molecular weight is 359 g/mol. The van der Waals surface area contributed by atoms with Gasteiger partial charge in [0.25, 0.3) is 18.8 Å². The standard InChI is InChI=1S/C12H8Cl2F4N2O2/c13-6-2-1-5(3-7(6)14)10(21)20-12(22,11(17)18)4-8(19-20)9(15)16/h1-3,9,11,22H,4H2. The summed E-state index contributed by atoms with van der Waals surface area (Å²) in [6.45, 7) is 0. The Hall–Kier alpha value is -1.38. The zero-order valence-electron chi connectivity index (χ0n) is 10.6. The number of hydrogen-bond acceptors (Lipinski definition) is 3. The monoisotopic (exact) mass is 358 g/mol. The first-order chi connectivity index (χ1) is 10.2. The highest BCUT2D eigenvalue weighted by Gasteiger charge is 2.53. The van der Waals surface area contributed by atoms with Gasteiger partial charge >= 0.3 is 0 Å². The first kappa shape index (κ1) is 17.0. The van der Waals surface area contributed by atoms with Crippen LogP contribution in [0.5, 0.6) is 0 Å². The van der Waals surface area contributed by atoms with Gasteiger partial charge in [-0.1, -0.05) is 23.2 Å². The zero-order chi connectivity index (χ0) is 16.7. The van der Waals surface area contributed by atoms with E-state index in [1.54, 1.807) is 0 Å². The number of halogens is 6. The second kappa shape index (κ2) is 6.02. The topological polar surface area (TPSA) is 52.9 Å². The molecule has 1 aromatic rings. The molecule has 1 aromatic carbocycles. The minimum atomic E-state index is -3.49. The molecule has 0 saturated heterocycles. The van der Waals surface area contributed by atoms with Gasteiger partial charge in [-0.05, 0) is 18.2 Å². The maximum Gasteiger partial charge on any atom is 0.287 e. The molecule has 4 nitrogen and oxygen atoms in total. The number of rotatable bonds is 3. The summed E-state index contributed by atoms with van der Waals surface area (Å²) < 4.78 is 51.3. The van der Waals surface area contributed by atoms with E-state index in [0.29, 0.717) is 0 Å². The van der Waals surface area contributed by atoms with Crippen LogP contribution in [0, 0.1) is 0 Å². The average Bonchev–Trinajstić information content (AvgIpc) is 2.81. The van der Waals surface area contributed by atoms with Crippen molar-refractivity contribution in [2.75, 3.05) is 0 Å². The quantitative estimate of drug-likeness (QED) is 0.841. The van der Waals surface area contributed by atoms with Gasteiger partial charge in [0.15, 0.2) is 0 Å². The number of hydrogen-bond donors (Lipinski definition) is 1. The van der Waals surface area contributed by atoms with Gasteiger partial charge < -0.3 is 5.11 Å². The normalized spacial score (nSPS) is 21.7. The third-order valence-electron chi connectivity index (χ3n) is 3.00. The molecule has 0 saturated carbocycles. The van der Waals surface area contributed by atoms with Crippen LogP contribution in [0.3, 0.4) is 0 Å². The van der Waals surface area contributed by atoms with E-state index in [9.17, 15) is 27.5 Å². The highest BCUT2D eigenvalue weighted by atomic mass is 35.5. The van der Waals surface area contributed by atoms with E-state index in [2.05, 4.69) is 5.10 Å². The van der Waals surface area contributed by atoms with Crippen LogP contribution >= 0.6 is 23.2 Å². The van der Waals surface area contributed by atoms with E-state index in [4.69, 9.17) is 23.2 Å². The van der Waals surface area contributed by atoms with Crippen LogP contribution in [0.2, 0.25) is 10.0 Å². The van der Waals surface area contributed by atoms with Crippen molar-refractivity contribution in [1.29, 1.82) is 0 Å². The van der Waals surface area contributed by atoms with Crippen molar-refractivity contribution in [2.45, 2.75) is 25.0 Å². The second-order valence-electron chi connectivity index (χ2n) is 4.49. The summed E-state index contributed by atoms with van der Waals surface area (Å²) in [4.78, 5) is 12.2. The molecular weight excluding hydrogens is 351 g/mol. The van der Waals surface area contributed by atoms with Crippen molar-refractivity contribution in [2.24, 2.45) is 5.10 Å². The zero-order valence-corrected chi connectivity index (χ0v) is 12.1. The predicted octanol–water partition coefficient (Wildman–Crippen LogP) is 3.41. The maximum atomic E-state index is 13.0. The smallest absolute Gasteiger partial charge is 0.287 e. The highest BCUT2D eigenvalue weighted by molar-refractivity contribution is 6.42. The van der Waals surface area contributed by atoms with Crippen molar-refractivity contribution >= 4 is 34.8 Å². The summed E-state index contributed by atoms with van der Waals surface area (Å²) in [6.07, 6.45) is -7.80. The lowest BCUT2D eigenvalue weighted by atomic mass is 10.1. The van der Waals surface area contributed by atoms with E-state index >= 15 is 0 Å². The molecule has 0 aromatic heterocycles. The number of alkyl halides is 4. The molecule has 0 bridgehead atoms. The van der Waals surface area contributed by atoms with Crippen LogP contribution in [0.25, 0.3) is 0 Å². The Bertz CT molecular complexity index is 642. The SMILES string of the molecule is O=C(c1ccc(Cl)c(Cl)c1)N1N=C(C(F)F)CC1(O)C(F)F. The second-order valence-corrected chi connectivity index (χ2v) is 5.31. The van der Waals surface area contributed by atoms with Crippen LogP contribution in [-0.4, -0.2) is 40.3 Å². The molecule has 1 N–H and O–H groups in total. The first-order valence-corrected chi connectivity index (χ1v) is 6.58. The molecular formula is C12H8Cl2F4N2O2. The molecule has 0 aliphatic carbocycles. The molecule has 1 aliphatic heterocycles. The molecule has 0 radical (unpaired) electrons. The van der Waals surface area contributed by atoms with Crippen molar-refractivity contribution < 1.29 is 27.5 Å². The van der Waals surface area contributed by atoms with Gasteiger partial charge in [0.2, 0.25) is 5.72 Å². The molecule has 1 atom stereocenters. The van der Waals surface area contributed by atoms with Gasteiger partial charge in [-0.2, -0.15) is 10.1 Å². The molecule has 1 amide bonds. The van der Waals surface area contributed by atoms with Gasteiger partial charge in [0.05, 0.1) is 10.0 Å². The molecule has 1 aliphatic rings. The largest absolute Gasteiger partial charge is 0.364 e. The summed E-state index contributed by atoms with van der Waals surface area (Å²) in [7, 11) is 0. The molecule has 2 rings (SSSR count). The Kier molecular flexibility index (Phi) is 4.65. The van der Waals surface area contributed by atoms with Crippen LogP contribution in [0.15, 0.2) is 23.3 Å². The summed E-state index contributed by atoms with van der Waals surface area (Å²) in [6, 6.07) is 3.44. The predicted molar refractivity (Wildman–Crippen MR) is 71.6 cm³/mol. The van der Waals surface area contributed by atoms with Crippen molar-refractivity contribution in [3.05, 3.63) is 33.8 Å². The van der Waals surface area contributed by atoms with Gasteiger partial charge in [-0.3, -0.25) is 4.79 Å². The number of carbonyl (C=O) groups is 1. The number of hydrazone groups is 1. The van der Waals surface area contributed by atoms with E-state index in [-0.39, 0.29) is 20.6 Å². The van der Waals surface area contributed by atoms with E-state index in [1.807, 2.05) is 0 Å². The highest BCUT2D eigenvalue weighted by Crippen LogP contribution is 2.34. The number of carbonyl (C=O) groups excluding carboxylic acids is 1. The molecule has 0 spiro atoms. The Balaban J connectivity index is 2.42. The molecule has 120 valence electrons. The fourth-order valence-electron chi connectivity index (χ4n) is 1.85. The number of aliphatic hydroxyl groups is 1. The molecule has 10 heteroatoms. The van der Waals surface area contributed by atoms with Crippen LogP contribution in [0.4, 0.5) is 17.6 Å². The van der Waals surface area contributed by atoms with Crippen LogP contribution < -0.4 is 0 Å². The Morgan fingerprint density at radius 3 is 2.41 bits per heavy atom. The first-order valence-electron chi connectivity index (χ1n) is 5.82. The minimum absolute atomic E-state index is 0.0367. The van der Waals surface area contributed by atoms with Crippen LogP contribution in [-0.2, 0) is 0 Å². The summed E-state index contributed by atoms with van der Waals surface area (Å²) in [5.74, 6) is -1.20. The number of amides is 1. The number of nitrogens with zero attached hydrogens (tertiary/aromatic N) is 2. The molecule has 0 fully saturated rings. The van der Waals surface area contributed by atoms with Gasteiger partial charge in [-0.15, -0.1) is 0 Å². The van der Waals surface area contributed by atoms with Gasteiger partial charge in [-0.25, -0.2) is 17.6 Å². The molecule has 22 heavy (non-hydrogen) atoms. The maximum absolute atomic E-state index is 13.0. The van der Waals surface area contributed by atoms with E-state index < -0.39 is 36.6 Å². The minimum Gasteiger partial charge on any atom is -0.364 e. The lowest BCUT2D eigenvalue weighted by Gasteiger charge is -2.30. The summed E-state index contributed by atoms with van der Waals surface area (Å²) in [5, 5.41) is 13.0. The third-order valence-corrected chi connectivity index (χ3v) is 3.74.